The zero-order chi connectivity index (χ0) is 22.6. The van der Waals surface area contributed by atoms with Gasteiger partial charge in [-0.05, 0) is 55.9 Å². The molecular formula is C26H43FN4O2. The lowest BCUT2D eigenvalue weighted by Crippen LogP contribution is -2.57. The first-order chi connectivity index (χ1) is 15.5. The van der Waals surface area contributed by atoms with Crippen LogP contribution in [0.5, 0.6) is 0 Å². The Hall–Kier alpha value is -1.70. The number of rotatable bonds is 6. The minimum absolute atomic E-state index is 0. The molecule has 2 heterocycles. The van der Waals surface area contributed by atoms with Gasteiger partial charge in [-0.2, -0.15) is 0 Å². The van der Waals surface area contributed by atoms with Crippen LogP contribution in [0, 0.1) is 11.7 Å². The Kier molecular flexibility index (Phi) is 9.13. The van der Waals surface area contributed by atoms with E-state index < -0.39 is 11.6 Å². The number of halogens is 1. The molecule has 1 spiro atoms. The normalized spacial score (nSPS) is 23.3. The van der Waals surface area contributed by atoms with Gasteiger partial charge in [0.15, 0.2) is 0 Å². The van der Waals surface area contributed by atoms with E-state index in [2.05, 4.69) is 9.80 Å². The van der Waals surface area contributed by atoms with Gasteiger partial charge in [0.25, 0.3) is 0 Å². The maximum absolute atomic E-state index is 13.6. The number of hydrogen-bond donors (Lipinski definition) is 2. The SMILES string of the molecule is C.NC[C@@H](O)CN1CN(c2ccc(F)cc2)C2(CCN(CC3CCCCCCC3)CC2)C1=O. The lowest BCUT2D eigenvalue weighted by atomic mass is 9.84. The molecule has 1 aromatic carbocycles. The molecule has 0 radical (unpaired) electrons. The molecule has 1 aliphatic carbocycles. The molecule has 33 heavy (non-hydrogen) atoms. The van der Waals surface area contributed by atoms with Crippen molar-refractivity contribution in [1.82, 2.24) is 9.80 Å². The highest BCUT2D eigenvalue weighted by Crippen LogP contribution is 2.40. The maximum atomic E-state index is 13.6. The molecule has 0 bridgehead atoms. The number of β-amino-alcohol motifs (C(OH)–C–C–N with tert-alkyl or cyclic N) is 1. The zero-order valence-corrected chi connectivity index (χ0v) is 19.2. The van der Waals surface area contributed by atoms with Crippen LogP contribution in [0.1, 0.15) is 65.2 Å². The summed E-state index contributed by atoms with van der Waals surface area (Å²) >= 11 is 0. The fourth-order valence-electron chi connectivity index (χ4n) is 5.88. The lowest BCUT2D eigenvalue weighted by Gasteiger charge is -2.44. The summed E-state index contributed by atoms with van der Waals surface area (Å²) in [5.74, 6) is 0.561. The quantitative estimate of drug-likeness (QED) is 0.676. The summed E-state index contributed by atoms with van der Waals surface area (Å²) in [7, 11) is 0. The second-order valence-electron chi connectivity index (χ2n) is 10.0. The molecule has 186 valence electrons. The third-order valence-electron chi connectivity index (χ3n) is 7.78. The van der Waals surface area contributed by atoms with Gasteiger partial charge in [0.1, 0.15) is 11.4 Å². The van der Waals surface area contributed by atoms with Crippen LogP contribution in [0.4, 0.5) is 10.1 Å². The number of nitrogens with zero attached hydrogens (tertiary/aromatic N) is 3. The average Bonchev–Trinajstić information content (AvgIpc) is 3.03. The number of hydrogen-bond acceptors (Lipinski definition) is 5. The summed E-state index contributed by atoms with van der Waals surface area (Å²) in [6.07, 6.45) is 10.2. The van der Waals surface area contributed by atoms with Gasteiger partial charge in [-0.3, -0.25) is 4.79 Å². The molecule has 1 saturated carbocycles. The Labute approximate surface area is 198 Å². The van der Waals surface area contributed by atoms with Crippen LogP contribution in [0.15, 0.2) is 24.3 Å². The van der Waals surface area contributed by atoms with Crippen LogP contribution in [0.2, 0.25) is 0 Å². The summed E-state index contributed by atoms with van der Waals surface area (Å²) in [6, 6.07) is 6.42. The third kappa shape index (κ3) is 5.87. The minimum Gasteiger partial charge on any atom is -0.390 e. The van der Waals surface area contributed by atoms with Gasteiger partial charge in [-0.15, -0.1) is 0 Å². The molecule has 3 fully saturated rings. The number of amides is 1. The van der Waals surface area contributed by atoms with E-state index in [0.717, 1.165) is 44.1 Å². The van der Waals surface area contributed by atoms with Crippen molar-refractivity contribution in [2.75, 3.05) is 44.3 Å². The number of nitrogens with two attached hydrogens (primary N) is 1. The van der Waals surface area contributed by atoms with Crippen molar-refractivity contribution in [3.63, 3.8) is 0 Å². The molecule has 0 aromatic heterocycles. The summed E-state index contributed by atoms with van der Waals surface area (Å²) < 4.78 is 13.6. The number of anilines is 1. The largest absolute Gasteiger partial charge is 0.390 e. The van der Waals surface area contributed by atoms with Gasteiger partial charge in [0.2, 0.25) is 5.91 Å². The maximum Gasteiger partial charge on any atom is 0.250 e. The molecule has 2 aliphatic heterocycles. The smallest absolute Gasteiger partial charge is 0.250 e. The molecule has 3 aliphatic rings. The van der Waals surface area contributed by atoms with Crippen molar-refractivity contribution < 1.29 is 14.3 Å². The van der Waals surface area contributed by atoms with E-state index in [4.69, 9.17) is 5.73 Å². The van der Waals surface area contributed by atoms with Gasteiger partial charge in [0, 0.05) is 38.4 Å². The Morgan fingerprint density at radius 1 is 1.06 bits per heavy atom. The van der Waals surface area contributed by atoms with Crippen LogP contribution >= 0.6 is 0 Å². The summed E-state index contributed by atoms with van der Waals surface area (Å²) in [6.45, 7) is 3.70. The summed E-state index contributed by atoms with van der Waals surface area (Å²) in [4.78, 5) is 20.0. The number of carbonyl (C=O) groups excluding carboxylic acids is 1. The molecular weight excluding hydrogens is 419 g/mol. The molecule has 3 N–H and O–H groups in total. The first-order valence-electron chi connectivity index (χ1n) is 12.4. The van der Waals surface area contributed by atoms with E-state index >= 15 is 0 Å². The number of piperidine rings is 1. The van der Waals surface area contributed by atoms with Gasteiger partial charge in [0.05, 0.1) is 12.8 Å². The first kappa shape index (κ1) is 25.9. The number of benzene rings is 1. The fraction of sp³-hybridized carbons (Fsp3) is 0.731. The van der Waals surface area contributed by atoms with Crippen LogP contribution in [0.3, 0.4) is 0 Å². The highest BCUT2D eigenvalue weighted by atomic mass is 19.1. The van der Waals surface area contributed by atoms with Gasteiger partial charge >= 0.3 is 0 Å². The molecule has 0 unspecified atom stereocenters. The number of carbonyl (C=O) groups is 1. The van der Waals surface area contributed by atoms with Crippen LogP contribution in [0.25, 0.3) is 0 Å². The highest BCUT2D eigenvalue weighted by Gasteiger charge is 2.53. The fourth-order valence-corrected chi connectivity index (χ4v) is 5.88. The van der Waals surface area contributed by atoms with Gasteiger partial charge in [-0.1, -0.05) is 39.5 Å². The third-order valence-corrected chi connectivity index (χ3v) is 7.78. The van der Waals surface area contributed by atoms with Crippen LogP contribution in [-0.4, -0.2) is 71.8 Å². The predicted octanol–water partition coefficient (Wildman–Crippen LogP) is 3.58. The second kappa shape index (κ2) is 11.6. The van der Waals surface area contributed by atoms with Gasteiger partial charge < -0.3 is 25.5 Å². The Balaban J connectivity index is 0.00000306. The van der Waals surface area contributed by atoms with E-state index in [0.29, 0.717) is 6.67 Å². The van der Waals surface area contributed by atoms with E-state index in [1.165, 1.54) is 57.1 Å². The van der Waals surface area contributed by atoms with Crippen molar-refractivity contribution in [3.8, 4) is 0 Å². The molecule has 2 saturated heterocycles. The van der Waals surface area contributed by atoms with Crippen molar-refractivity contribution in [2.24, 2.45) is 11.7 Å². The summed E-state index contributed by atoms with van der Waals surface area (Å²) in [5.41, 5.74) is 5.84. The van der Waals surface area contributed by atoms with Crippen LogP contribution in [-0.2, 0) is 4.79 Å². The van der Waals surface area contributed by atoms with E-state index in [1.807, 2.05) is 0 Å². The zero-order valence-electron chi connectivity index (χ0n) is 19.2. The van der Waals surface area contributed by atoms with E-state index in [9.17, 15) is 14.3 Å². The monoisotopic (exact) mass is 462 g/mol. The number of aliphatic hydroxyl groups is 1. The van der Waals surface area contributed by atoms with Gasteiger partial charge in [-0.25, -0.2) is 4.39 Å². The Morgan fingerprint density at radius 2 is 1.67 bits per heavy atom. The van der Waals surface area contributed by atoms with Crippen molar-refractivity contribution in [3.05, 3.63) is 30.1 Å². The lowest BCUT2D eigenvalue weighted by molar-refractivity contribution is -0.134. The molecule has 7 heteroatoms. The highest BCUT2D eigenvalue weighted by molar-refractivity contribution is 5.93. The molecule has 6 nitrogen and oxygen atoms in total. The second-order valence-corrected chi connectivity index (χ2v) is 10.0. The predicted molar refractivity (Wildman–Crippen MR) is 131 cm³/mol. The van der Waals surface area contributed by atoms with E-state index in [-0.39, 0.29) is 32.2 Å². The Bertz CT molecular complexity index is 743. The average molecular weight is 463 g/mol. The molecule has 4 rings (SSSR count). The van der Waals surface area contributed by atoms with E-state index in [1.54, 1.807) is 17.0 Å². The number of likely N-dealkylation sites (tertiary alicyclic amines) is 1. The molecule has 1 atom stereocenters. The molecule has 1 aromatic rings. The van der Waals surface area contributed by atoms with Crippen molar-refractivity contribution in [1.29, 1.82) is 0 Å². The first-order valence-corrected chi connectivity index (χ1v) is 12.4. The summed E-state index contributed by atoms with van der Waals surface area (Å²) in [5, 5.41) is 10.1. The minimum atomic E-state index is -0.733. The standard InChI is InChI=1S/C25H39FN4O2.CH4/c26-21-8-10-22(11-9-21)30-19-29(18-23(31)16-27)24(32)25(30)12-14-28(15-13-25)17-20-6-4-2-1-3-5-7-20;/h8-11,20,23,31H,1-7,12-19,27H2;1H4/t23-;/m1./s1. The topological polar surface area (TPSA) is 73.0 Å². The van der Waals surface area contributed by atoms with Crippen molar-refractivity contribution in [2.45, 2.75) is 76.9 Å². The molecule has 1 amide bonds. The van der Waals surface area contributed by atoms with Crippen molar-refractivity contribution >= 4 is 11.6 Å². The number of aliphatic hydroxyl groups excluding tert-OH is 1. The van der Waals surface area contributed by atoms with Crippen LogP contribution < -0.4 is 10.6 Å². The Morgan fingerprint density at radius 3 is 2.27 bits per heavy atom.